The van der Waals surface area contributed by atoms with Crippen LogP contribution >= 0.6 is 0 Å². The predicted molar refractivity (Wildman–Crippen MR) is 128 cm³/mol. The minimum absolute atomic E-state index is 0.0328. The van der Waals surface area contributed by atoms with E-state index in [0.717, 1.165) is 25.2 Å². The molecule has 0 saturated carbocycles. The summed E-state index contributed by atoms with van der Waals surface area (Å²) in [5, 5.41) is 13.8. The number of amides is 1. The van der Waals surface area contributed by atoms with Gasteiger partial charge in [0.05, 0.1) is 55.4 Å². The van der Waals surface area contributed by atoms with Gasteiger partial charge < -0.3 is 9.80 Å². The van der Waals surface area contributed by atoms with Crippen LogP contribution in [0.5, 0.6) is 0 Å². The van der Waals surface area contributed by atoms with E-state index in [1.165, 1.54) is 33.8 Å². The van der Waals surface area contributed by atoms with Crippen molar-refractivity contribution in [1.29, 1.82) is 0 Å². The van der Waals surface area contributed by atoms with Gasteiger partial charge in [0.2, 0.25) is 0 Å². The fraction of sp³-hybridized carbons (Fsp3) is 0.292. The number of rotatable bonds is 7. The van der Waals surface area contributed by atoms with Crippen LogP contribution < -0.4 is 10.5 Å². The SMILES string of the molecule is Cc1[nH]n(-c2ccc([N+](=O)[O-])cc2)c(=O)c1C=NCC[NH+]1CCN(C(=O)c2ccccc2)CC1. The number of quaternary nitrogens is 1. The van der Waals surface area contributed by atoms with Gasteiger partial charge in [0.1, 0.15) is 0 Å². The van der Waals surface area contributed by atoms with Gasteiger partial charge in [-0.3, -0.25) is 29.8 Å². The number of aliphatic imine (C=N–C) groups is 1. The Labute approximate surface area is 196 Å². The van der Waals surface area contributed by atoms with Crippen molar-refractivity contribution in [2.24, 2.45) is 4.99 Å². The molecule has 2 aromatic carbocycles. The standard InChI is InChI=1S/C24H26N6O4/c1-18-22(24(32)29(26-18)20-7-9-21(10-8-20)30(33)34)17-25-11-12-27-13-15-28(16-14-27)23(31)19-5-3-2-4-6-19/h2-10,17,26H,11-16H2,1H3/p+1. The van der Waals surface area contributed by atoms with Crippen LogP contribution in [0.15, 0.2) is 64.4 Å². The van der Waals surface area contributed by atoms with E-state index >= 15 is 0 Å². The highest BCUT2D eigenvalue weighted by atomic mass is 16.6. The molecule has 2 heterocycles. The van der Waals surface area contributed by atoms with E-state index in [-0.39, 0.29) is 17.2 Å². The number of benzene rings is 2. The number of nitrogens with zero attached hydrogens (tertiary/aromatic N) is 4. The smallest absolute Gasteiger partial charge is 0.280 e. The fourth-order valence-electron chi connectivity index (χ4n) is 4.03. The van der Waals surface area contributed by atoms with E-state index in [4.69, 9.17) is 0 Å². The molecular formula is C24H27N6O4+. The van der Waals surface area contributed by atoms with E-state index in [9.17, 15) is 19.7 Å². The number of carbonyl (C=O) groups excluding carboxylic acids is 1. The van der Waals surface area contributed by atoms with E-state index in [1.807, 2.05) is 35.2 Å². The molecule has 1 fully saturated rings. The van der Waals surface area contributed by atoms with Crippen LogP contribution in [0.2, 0.25) is 0 Å². The molecule has 176 valence electrons. The molecule has 34 heavy (non-hydrogen) atoms. The topological polar surface area (TPSA) is 118 Å². The van der Waals surface area contributed by atoms with E-state index < -0.39 is 4.92 Å². The Bertz CT molecular complexity index is 1240. The second kappa shape index (κ2) is 10.3. The number of H-pyrrole nitrogens is 1. The van der Waals surface area contributed by atoms with Crippen LogP contribution in [0.1, 0.15) is 21.6 Å². The van der Waals surface area contributed by atoms with Crippen molar-refractivity contribution in [1.82, 2.24) is 14.7 Å². The third-order valence-corrected chi connectivity index (χ3v) is 6.03. The molecule has 0 unspecified atom stereocenters. The van der Waals surface area contributed by atoms with Gasteiger partial charge in [0.15, 0.2) is 0 Å². The summed E-state index contributed by atoms with van der Waals surface area (Å²) in [4.78, 5) is 43.4. The van der Waals surface area contributed by atoms with E-state index in [0.29, 0.717) is 36.6 Å². The lowest BCUT2D eigenvalue weighted by molar-refractivity contribution is -0.902. The number of nitro groups is 1. The van der Waals surface area contributed by atoms with Crippen LogP contribution in [-0.2, 0) is 0 Å². The lowest BCUT2D eigenvalue weighted by atomic mass is 10.2. The van der Waals surface area contributed by atoms with Gasteiger partial charge in [-0.15, -0.1) is 0 Å². The van der Waals surface area contributed by atoms with E-state index in [1.54, 1.807) is 13.1 Å². The number of aryl methyl sites for hydroxylation is 1. The number of aromatic amines is 1. The third-order valence-electron chi connectivity index (χ3n) is 6.03. The molecule has 1 aromatic heterocycles. The first kappa shape index (κ1) is 23.1. The lowest BCUT2D eigenvalue weighted by Gasteiger charge is -2.32. The predicted octanol–water partition coefficient (Wildman–Crippen LogP) is 0.842. The van der Waals surface area contributed by atoms with Crippen LogP contribution in [0.4, 0.5) is 5.69 Å². The summed E-state index contributed by atoms with van der Waals surface area (Å²) in [5.74, 6) is 0.0740. The summed E-state index contributed by atoms with van der Waals surface area (Å²) in [7, 11) is 0. The summed E-state index contributed by atoms with van der Waals surface area (Å²) in [6, 6.07) is 15.1. The largest absolute Gasteiger partial charge is 0.330 e. The number of hydrogen-bond acceptors (Lipinski definition) is 5. The lowest BCUT2D eigenvalue weighted by Crippen LogP contribution is -3.15. The highest BCUT2D eigenvalue weighted by Gasteiger charge is 2.24. The Balaban J connectivity index is 1.30. The molecule has 10 heteroatoms. The van der Waals surface area contributed by atoms with Gasteiger partial charge in [0, 0.05) is 29.6 Å². The van der Waals surface area contributed by atoms with Gasteiger partial charge in [-0.2, -0.15) is 0 Å². The number of carbonyl (C=O) groups is 1. The summed E-state index contributed by atoms with van der Waals surface area (Å²) < 4.78 is 1.36. The maximum Gasteiger partial charge on any atom is 0.280 e. The van der Waals surface area contributed by atoms with E-state index in [2.05, 4.69) is 10.1 Å². The number of hydrogen-bond donors (Lipinski definition) is 2. The Morgan fingerprint density at radius 1 is 1.15 bits per heavy atom. The molecule has 0 atom stereocenters. The van der Waals surface area contributed by atoms with Crippen LogP contribution in [0.25, 0.3) is 5.69 Å². The van der Waals surface area contributed by atoms with Gasteiger partial charge in [-0.05, 0) is 31.2 Å². The minimum atomic E-state index is -0.479. The second-order valence-electron chi connectivity index (χ2n) is 8.26. The first-order valence-corrected chi connectivity index (χ1v) is 11.2. The van der Waals surface area contributed by atoms with Crippen molar-refractivity contribution in [2.45, 2.75) is 6.92 Å². The monoisotopic (exact) mass is 463 g/mol. The van der Waals surface area contributed by atoms with Crippen molar-refractivity contribution < 1.29 is 14.6 Å². The molecule has 10 nitrogen and oxygen atoms in total. The fourth-order valence-corrected chi connectivity index (χ4v) is 4.03. The Kier molecular flexibility index (Phi) is 6.98. The van der Waals surface area contributed by atoms with Crippen molar-refractivity contribution in [3.63, 3.8) is 0 Å². The minimum Gasteiger partial charge on any atom is -0.330 e. The zero-order chi connectivity index (χ0) is 24.1. The summed E-state index contributed by atoms with van der Waals surface area (Å²) in [6.45, 7) is 6.34. The number of nitro benzene ring substituents is 1. The second-order valence-corrected chi connectivity index (χ2v) is 8.26. The maximum absolute atomic E-state index is 12.8. The number of non-ortho nitro benzene ring substituents is 1. The first-order chi connectivity index (χ1) is 16.4. The molecule has 0 spiro atoms. The number of piperazine rings is 1. The highest BCUT2D eigenvalue weighted by molar-refractivity contribution is 5.94. The third kappa shape index (κ3) is 5.12. The molecular weight excluding hydrogens is 436 g/mol. The molecule has 1 aliphatic heterocycles. The Hall–Kier alpha value is -4.05. The van der Waals surface area contributed by atoms with Crippen molar-refractivity contribution in [2.75, 3.05) is 39.3 Å². The molecule has 0 aliphatic carbocycles. The zero-order valence-electron chi connectivity index (χ0n) is 18.9. The maximum atomic E-state index is 12.8. The molecule has 4 rings (SSSR count). The Morgan fingerprint density at radius 3 is 2.47 bits per heavy atom. The van der Waals surface area contributed by atoms with Crippen LogP contribution in [0, 0.1) is 17.0 Å². The van der Waals surface area contributed by atoms with Crippen LogP contribution in [0.3, 0.4) is 0 Å². The molecule has 1 amide bonds. The summed E-state index contributed by atoms with van der Waals surface area (Å²) in [6.07, 6.45) is 1.59. The normalized spacial score (nSPS) is 14.6. The number of nitrogens with one attached hydrogen (secondary N) is 2. The van der Waals surface area contributed by atoms with Gasteiger partial charge >= 0.3 is 0 Å². The van der Waals surface area contributed by atoms with Crippen molar-refractivity contribution in [3.05, 3.63) is 91.9 Å². The highest BCUT2D eigenvalue weighted by Crippen LogP contribution is 2.14. The van der Waals surface area contributed by atoms with Gasteiger partial charge in [-0.25, -0.2) is 4.68 Å². The van der Waals surface area contributed by atoms with Crippen molar-refractivity contribution >= 4 is 17.8 Å². The van der Waals surface area contributed by atoms with Gasteiger partial charge in [0.25, 0.3) is 17.2 Å². The van der Waals surface area contributed by atoms with Crippen molar-refractivity contribution in [3.8, 4) is 5.69 Å². The molecule has 1 aliphatic rings. The number of aromatic nitrogens is 2. The molecule has 0 bridgehead atoms. The summed E-state index contributed by atoms with van der Waals surface area (Å²) in [5.41, 5.74) is 2.09. The molecule has 1 saturated heterocycles. The molecule has 3 aromatic rings. The average molecular weight is 464 g/mol. The zero-order valence-corrected chi connectivity index (χ0v) is 18.9. The summed E-state index contributed by atoms with van der Waals surface area (Å²) >= 11 is 0. The first-order valence-electron chi connectivity index (χ1n) is 11.2. The molecule has 2 N–H and O–H groups in total. The quantitative estimate of drug-likeness (QED) is 0.307. The molecule has 0 radical (unpaired) electrons. The van der Waals surface area contributed by atoms with Gasteiger partial charge in [-0.1, -0.05) is 18.2 Å². The Morgan fingerprint density at radius 2 is 1.82 bits per heavy atom. The average Bonchev–Trinajstić information content (AvgIpc) is 3.15. The van der Waals surface area contributed by atoms with Crippen LogP contribution in [-0.4, -0.2) is 71.0 Å².